The second-order valence-electron chi connectivity index (χ2n) is 12.0. The molecular weight excluding hydrogens is 630 g/mol. The van der Waals surface area contributed by atoms with E-state index in [9.17, 15) is 13.6 Å². The van der Waals surface area contributed by atoms with Gasteiger partial charge >= 0.3 is 11.8 Å². The zero-order chi connectivity index (χ0) is 31.4. The first-order chi connectivity index (χ1) is 20.4. The highest BCUT2D eigenvalue weighted by Crippen LogP contribution is 2.49. The van der Waals surface area contributed by atoms with Crippen molar-refractivity contribution < 1.29 is 27.4 Å². The molecule has 0 radical (unpaired) electrons. The number of carboxylic acids is 1. The van der Waals surface area contributed by atoms with E-state index in [2.05, 4.69) is 84.4 Å². The number of unbranched alkanes of at least 4 members (excludes halogenated alkanes) is 2. The Kier molecular flexibility index (Phi) is 10.5. The number of aryl methyl sites for hydroxylation is 1. The molecule has 2 aliphatic heterocycles. The molecule has 1 aromatic carbocycles. The number of allylic oxidation sites excluding steroid dienone is 6. The van der Waals surface area contributed by atoms with Crippen molar-refractivity contribution in [3.63, 3.8) is 0 Å². The van der Waals surface area contributed by atoms with E-state index in [-0.39, 0.29) is 17.6 Å². The summed E-state index contributed by atoms with van der Waals surface area (Å²) < 4.78 is 30.5. The number of aliphatic carboxylic acids is 1. The molecule has 10 heteroatoms. The minimum absolute atomic E-state index is 0.163. The second-order valence-corrected chi connectivity index (χ2v) is 13.4. The van der Waals surface area contributed by atoms with Gasteiger partial charge < -0.3 is 18.7 Å². The number of pyridine rings is 1. The SMILES string of the molecule is CCC[n+]1cc(Br)cc2c1N=C(/C=C/C=C/C=C1/N(CCCCCC(=O)O)c3ccc(OS(=O)[O-])cc3C1(C)C)C2(C)C. The quantitative estimate of drug-likeness (QED) is 0.105. The van der Waals surface area contributed by atoms with E-state index in [1.54, 1.807) is 12.1 Å². The first-order valence-corrected chi connectivity index (χ1v) is 16.4. The van der Waals surface area contributed by atoms with Gasteiger partial charge in [-0.15, -0.1) is 0 Å². The van der Waals surface area contributed by atoms with Crippen molar-refractivity contribution in [1.82, 2.24) is 0 Å². The molecular formula is C33H40BrN3O5S. The van der Waals surface area contributed by atoms with Crippen molar-refractivity contribution in [2.45, 2.75) is 84.1 Å². The van der Waals surface area contributed by atoms with Crippen LogP contribution in [0.4, 0.5) is 11.5 Å². The fourth-order valence-electron chi connectivity index (χ4n) is 5.84. The summed E-state index contributed by atoms with van der Waals surface area (Å²) in [6.45, 7) is 12.4. The van der Waals surface area contributed by atoms with Crippen LogP contribution in [-0.2, 0) is 33.5 Å². The number of fused-ring (bicyclic) bond motifs is 2. The Morgan fingerprint density at radius 1 is 1.12 bits per heavy atom. The first-order valence-electron chi connectivity index (χ1n) is 14.7. The van der Waals surface area contributed by atoms with Crippen LogP contribution in [0.3, 0.4) is 0 Å². The van der Waals surface area contributed by atoms with E-state index in [0.717, 1.165) is 65.3 Å². The van der Waals surface area contributed by atoms with Crippen LogP contribution in [0, 0.1) is 0 Å². The lowest BCUT2D eigenvalue weighted by Gasteiger charge is -2.27. The van der Waals surface area contributed by atoms with E-state index < -0.39 is 22.7 Å². The van der Waals surface area contributed by atoms with Crippen molar-refractivity contribution in [3.8, 4) is 5.75 Å². The second kappa shape index (κ2) is 13.7. The standard InChI is InChI=1S/C33H40BrN3O5S/c1-6-18-36-22-23(34)20-26-31(36)35-28(32(26,2)3)13-9-7-10-14-29-33(4,5)25-21-24(42-43(40)41)16-17-27(25)37(29)19-12-8-11-15-30(38)39/h7,9-10,13-14,16-17,20-22H,6,8,11-12,15,18-19H2,1-5H3,(H-,38,39,40,41). The molecule has 0 aliphatic carbocycles. The Labute approximate surface area is 265 Å². The predicted molar refractivity (Wildman–Crippen MR) is 174 cm³/mol. The van der Waals surface area contributed by atoms with Crippen LogP contribution in [0.25, 0.3) is 0 Å². The lowest BCUT2D eigenvalue weighted by Crippen LogP contribution is -2.35. The molecule has 1 N–H and O–H groups in total. The van der Waals surface area contributed by atoms with Gasteiger partial charge in [-0.25, -0.2) is 8.78 Å². The van der Waals surface area contributed by atoms with Gasteiger partial charge in [0.25, 0.3) is 0 Å². The average molecular weight is 671 g/mol. The number of nitrogens with zero attached hydrogens (tertiary/aromatic N) is 3. The van der Waals surface area contributed by atoms with Gasteiger partial charge in [-0.1, -0.05) is 45.4 Å². The molecule has 2 aliphatic rings. The smallest absolute Gasteiger partial charge is 0.327 e. The summed E-state index contributed by atoms with van der Waals surface area (Å²) >= 11 is 1.01. The van der Waals surface area contributed by atoms with Crippen LogP contribution in [0.15, 0.2) is 76.0 Å². The molecule has 2 aromatic rings. The fourth-order valence-corrected chi connectivity index (χ4v) is 6.58. The Hall–Kier alpha value is -3.08. The molecule has 4 rings (SSSR count). The molecule has 0 fully saturated rings. The number of benzene rings is 1. The highest BCUT2D eigenvalue weighted by atomic mass is 79.9. The molecule has 1 atom stereocenters. The zero-order valence-corrected chi connectivity index (χ0v) is 27.8. The molecule has 0 saturated heterocycles. The topological polar surface area (TPSA) is 106 Å². The van der Waals surface area contributed by atoms with Crippen molar-refractivity contribution in [2.24, 2.45) is 4.99 Å². The summed E-state index contributed by atoms with van der Waals surface area (Å²) in [5.41, 5.74) is 4.61. The number of carboxylic acid groups (broad SMARTS) is 1. The molecule has 0 bridgehead atoms. The number of rotatable bonds is 13. The summed E-state index contributed by atoms with van der Waals surface area (Å²) in [6, 6.07) is 7.50. The van der Waals surface area contributed by atoms with Crippen molar-refractivity contribution in [3.05, 3.63) is 82.1 Å². The van der Waals surface area contributed by atoms with E-state index in [1.165, 1.54) is 5.56 Å². The van der Waals surface area contributed by atoms with Gasteiger partial charge in [-0.05, 0) is 96.0 Å². The molecule has 43 heavy (non-hydrogen) atoms. The molecule has 0 amide bonds. The zero-order valence-electron chi connectivity index (χ0n) is 25.4. The first kappa shape index (κ1) is 32.8. The molecule has 230 valence electrons. The number of hydrogen-bond donors (Lipinski definition) is 1. The predicted octanol–water partition coefficient (Wildman–Crippen LogP) is 7.12. The third-order valence-corrected chi connectivity index (χ3v) is 8.87. The maximum absolute atomic E-state index is 11.2. The average Bonchev–Trinajstić information content (AvgIpc) is 3.29. The van der Waals surface area contributed by atoms with Gasteiger partial charge in [0.15, 0.2) is 5.71 Å². The number of hydrogen-bond acceptors (Lipinski definition) is 6. The molecule has 1 unspecified atom stereocenters. The summed E-state index contributed by atoms with van der Waals surface area (Å²) in [4.78, 5) is 18.2. The van der Waals surface area contributed by atoms with Crippen molar-refractivity contribution in [1.29, 1.82) is 0 Å². The van der Waals surface area contributed by atoms with E-state index in [1.807, 2.05) is 24.3 Å². The van der Waals surface area contributed by atoms with Crippen LogP contribution in [0.2, 0.25) is 0 Å². The summed E-state index contributed by atoms with van der Waals surface area (Å²) in [5.74, 6) is 0.502. The Morgan fingerprint density at radius 2 is 1.88 bits per heavy atom. The maximum atomic E-state index is 11.2. The van der Waals surface area contributed by atoms with Crippen LogP contribution in [-0.4, -0.2) is 32.1 Å². The van der Waals surface area contributed by atoms with Gasteiger partial charge in [0.1, 0.15) is 23.3 Å². The van der Waals surface area contributed by atoms with E-state index >= 15 is 0 Å². The number of aromatic nitrogens is 1. The number of anilines is 1. The maximum Gasteiger partial charge on any atom is 0.327 e. The van der Waals surface area contributed by atoms with E-state index in [0.29, 0.717) is 6.42 Å². The highest BCUT2D eigenvalue weighted by Gasteiger charge is 2.42. The minimum Gasteiger partial charge on any atom is -0.740 e. The molecule has 1 aromatic heterocycles. The molecule has 3 heterocycles. The van der Waals surface area contributed by atoms with Crippen LogP contribution >= 0.6 is 15.9 Å². The van der Waals surface area contributed by atoms with Crippen LogP contribution in [0.1, 0.15) is 77.8 Å². The lowest BCUT2D eigenvalue weighted by atomic mass is 9.82. The van der Waals surface area contributed by atoms with Gasteiger partial charge in [0, 0.05) is 29.8 Å². The summed E-state index contributed by atoms with van der Waals surface area (Å²) in [6.07, 6.45) is 15.7. The van der Waals surface area contributed by atoms with Crippen LogP contribution < -0.4 is 13.7 Å². The van der Waals surface area contributed by atoms with Crippen LogP contribution in [0.5, 0.6) is 5.75 Å². The summed E-state index contributed by atoms with van der Waals surface area (Å²) in [5, 5.41) is 8.98. The van der Waals surface area contributed by atoms with Gasteiger partial charge in [0.05, 0.1) is 22.0 Å². The summed E-state index contributed by atoms with van der Waals surface area (Å²) in [7, 11) is 0. The number of halogens is 1. The van der Waals surface area contributed by atoms with Gasteiger partial charge in [-0.3, -0.25) is 4.79 Å². The molecule has 0 saturated carbocycles. The Morgan fingerprint density at radius 3 is 2.58 bits per heavy atom. The molecule has 8 nitrogen and oxygen atoms in total. The fraction of sp³-hybridized carbons (Fsp3) is 0.424. The van der Waals surface area contributed by atoms with Crippen molar-refractivity contribution >= 4 is 50.5 Å². The highest BCUT2D eigenvalue weighted by molar-refractivity contribution is 9.10. The third kappa shape index (κ3) is 7.36. The Balaban J connectivity index is 1.57. The molecule has 0 spiro atoms. The minimum atomic E-state index is -2.66. The largest absolute Gasteiger partial charge is 0.740 e. The van der Waals surface area contributed by atoms with Gasteiger partial charge in [0.2, 0.25) is 0 Å². The lowest BCUT2D eigenvalue weighted by molar-refractivity contribution is -0.684. The number of carbonyl (C=O) groups is 1. The normalized spacial score (nSPS) is 18.3. The van der Waals surface area contributed by atoms with Crippen molar-refractivity contribution in [2.75, 3.05) is 11.4 Å². The number of aliphatic imine (C=N–C) groups is 1. The van der Waals surface area contributed by atoms with Gasteiger partial charge in [-0.2, -0.15) is 0 Å². The van der Waals surface area contributed by atoms with E-state index in [4.69, 9.17) is 14.3 Å². The third-order valence-electron chi connectivity index (χ3n) is 8.11. The Bertz CT molecular complexity index is 1530. The monoisotopic (exact) mass is 669 g/mol.